The summed E-state index contributed by atoms with van der Waals surface area (Å²) in [6.07, 6.45) is 3.51. The second-order valence-electron chi connectivity index (χ2n) is 9.93. The van der Waals surface area contributed by atoms with Crippen LogP contribution in [0.1, 0.15) is 25.3 Å². The maximum absolute atomic E-state index is 13.8. The smallest absolute Gasteiger partial charge is 0.316 e. The van der Waals surface area contributed by atoms with Gasteiger partial charge in [0, 0.05) is 47.2 Å². The average molecular weight is 530 g/mol. The van der Waals surface area contributed by atoms with Crippen LogP contribution in [0.3, 0.4) is 0 Å². The lowest BCUT2D eigenvalue weighted by molar-refractivity contribution is 0.242. The zero-order valence-corrected chi connectivity index (χ0v) is 21.3. The van der Waals surface area contributed by atoms with E-state index in [1.807, 2.05) is 27.4 Å². The van der Waals surface area contributed by atoms with Gasteiger partial charge in [0.1, 0.15) is 17.3 Å². The van der Waals surface area contributed by atoms with Gasteiger partial charge >= 0.3 is 5.56 Å². The maximum atomic E-state index is 13.8. The molecule has 2 aliphatic rings. The van der Waals surface area contributed by atoms with E-state index in [1.54, 1.807) is 6.07 Å². The summed E-state index contributed by atoms with van der Waals surface area (Å²) in [6, 6.07) is 10.2. The van der Waals surface area contributed by atoms with Crippen molar-refractivity contribution in [2.24, 2.45) is 5.41 Å². The predicted octanol–water partition coefficient (Wildman–Crippen LogP) is 3.26. The third-order valence-corrected chi connectivity index (χ3v) is 8.31. The summed E-state index contributed by atoms with van der Waals surface area (Å²) < 4.78 is 49.5. The van der Waals surface area contributed by atoms with Crippen LogP contribution in [0.15, 0.2) is 53.5 Å². The topological polar surface area (TPSA) is 99.7 Å². The molecule has 37 heavy (non-hydrogen) atoms. The molecule has 0 amide bonds. The lowest BCUT2D eigenvalue weighted by Crippen LogP contribution is -2.49. The normalized spacial score (nSPS) is 18.0. The van der Waals surface area contributed by atoms with E-state index in [4.69, 9.17) is 10.5 Å². The lowest BCUT2D eigenvalue weighted by atomic mass is 10.2. The number of nitrogens with two attached hydrogens (primary N) is 1. The van der Waals surface area contributed by atoms with Crippen LogP contribution in [0.5, 0.6) is 5.75 Å². The number of anilines is 2. The van der Waals surface area contributed by atoms with E-state index in [0.29, 0.717) is 49.9 Å². The Kier molecular flexibility index (Phi) is 7.11. The maximum Gasteiger partial charge on any atom is 0.316 e. The van der Waals surface area contributed by atoms with Crippen molar-refractivity contribution in [2.75, 3.05) is 43.4 Å². The Hall–Kier alpha value is -3.15. The molecule has 0 spiro atoms. The van der Waals surface area contributed by atoms with Gasteiger partial charge < -0.3 is 19.9 Å². The van der Waals surface area contributed by atoms with Gasteiger partial charge in [-0.1, -0.05) is 19.1 Å². The molecule has 1 aliphatic heterocycles. The van der Waals surface area contributed by atoms with Crippen LogP contribution in [0, 0.1) is 17.0 Å². The van der Waals surface area contributed by atoms with Crippen LogP contribution < -0.4 is 20.9 Å². The fraction of sp³-hybridized carbons (Fsp3) is 0.385. The summed E-state index contributed by atoms with van der Waals surface area (Å²) in [7, 11) is 0. The second-order valence-corrected chi connectivity index (χ2v) is 11.4. The number of nitrogen functional groups attached to an aromatic ring is 1. The molecule has 2 aromatic carbocycles. The van der Waals surface area contributed by atoms with Gasteiger partial charge in [-0.2, -0.15) is 9.78 Å². The predicted molar refractivity (Wildman–Crippen MR) is 139 cm³/mol. The van der Waals surface area contributed by atoms with E-state index >= 15 is 0 Å². The highest BCUT2D eigenvalue weighted by atomic mass is 32.2. The Morgan fingerprint density at radius 3 is 2.46 bits per heavy atom. The molecular weight excluding hydrogens is 500 g/mol. The van der Waals surface area contributed by atoms with Crippen molar-refractivity contribution in [3.63, 3.8) is 0 Å². The van der Waals surface area contributed by atoms with Gasteiger partial charge in [-0.3, -0.25) is 4.79 Å². The van der Waals surface area contributed by atoms with Crippen LogP contribution in [-0.2, 0) is 17.1 Å². The largest absolute Gasteiger partial charge is 0.598 e. The van der Waals surface area contributed by atoms with Crippen molar-refractivity contribution >= 4 is 22.7 Å². The quantitative estimate of drug-likeness (QED) is 0.353. The van der Waals surface area contributed by atoms with E-state index in [9.17, 15) is 18.1 Å². The highest BCUT2D eigenvalue weighted by Gasteiger charge is 2.39. The van der Waals surface area contributed by atoms with Crippen LogP contribution in [0.25, 0.3) is 5.69 Å². The Balaban J connectivity index is 1.35. The third kappa shape index (κ3) is 5.89. The van der Waals surface area contributed by atoms with Gasteiger partial charge in [0.25, 0.3) is 0 Å². The van der Waals surface area contributed by atoms with Crippen LogP contribution in [0.4, 0.5) is 20.2 Å². The summed E-state index contributed by atoms with van der Waals surface area (Å²) in [6.45, 7) is 4.50. The Bertz CT molecular complexity index is 1320. The highest BCUT2D eigenvalue weighted by molar-refractivity contribution is 7.88. The summed E-state index contributed by atoms with van der Waals surface area (Å²) in [5, 5.41) is 4.21. The molecule has 196 valence electrons. The molecule has 8 nitrogen and oxygen atoms in total. The Labute approximate surface area is 216 Å². The number of halogens is 2. The molecule has 2 N–H and O–H groups in total. The van der Waals surface area contributed by atoms with E-state index in [-0.39, 0.29) is 16.9 Å². The summed E-state index contributed by atoms with van der Waals surface area (Å²) in [5.74, 6) is -1.13. The van der Waals surface area contributed by atoms with Crippen molar-refractivity contribution < 1.29 is 18.1 Å². The van der Waals surface area contributed by atoms with Crippen LogP contribution >= 0.6 is 0 Å². The molecule has 1 saturated carbocycles. The molecule has 3 aromatic rings. The molecule has 5 rings (SSSR count). The van der Waals surface area contributed by atoms with Crippen LogP contribution in [-0.4, -0.2) is 51.4 Å². The van der Waals surface area contributed by atoms with Gasteiger partial charge in [-0.05, 0) is 37.1 Å². The van der Waals surface area contributed by atoms with Gasteiger partial charge in [-0.25, -0.2) is 8.78 Å². The summed E-state index contributed by atoms with van der Waals surface area (Å²) >= 11 is -1.22. The fourth-order valence-electron chi connectivity index (χ4n) is 4.29. The fourth-order valence-corrected chi connectivity index (χ4v) is 5.51. The molecule has 2 fully saturated rings. The number of ether oxygens (including phenoxy) is 1. The van der Waals surface area contributed by atoms with Crippen molar-refractivity contribution in [1.29, 1.82) is 0 Å². The number of piperazine rings is 1. The first kappa shape index (κ1) is 25.5. The Morgan fingerprint density at radius 1 is 1.11 bits per heavy atom. The van der Waals surface area contributed by atoms with E-state index < -0.39 is 28.6 Å². The SMILES string of the molecule is CC1(COc2c(N3CCN([S+]([O-])Cc4cccc(N)c4)CC3)cnn(-c3cc(F)cc(F)c3)c2=O)CC1. The molecule has 11 heteroatoms. The minimum Gasteiger partial charge on any atom is -0.598 e. The molecule has 1 aliphatic carbocycles. The lowest BCUT2D eigenvalue weighted by Gasteiger charge is -2.36. The van der Waals surface area contributed by atoms with Crippen molar-refractivity contribution in [3.8, 4) is 11.4 Å². The zero-order chi connectivity index (χ0) is 26.2. The van der Waals surface area contributed by atoms with Crippen LogP contribution in [0.2, 0.25) is 0 Å². The molecule has 1 saturated heterocycles. The summed E-state index contributed by atoms with van der Waals surface area (Å²) in [5.41, 5.74) is 7.31. The van der Waals surface area contributed by atoms with E-state index in [0.717, 1.165) is 41.3 Å². The zero-order valence-electron chi connectivity index (χ0n) is 20.5. The molecule has 1 atom stereocenters. The number of benzene rings is 2. The third-order valence-electron chi connectivity index (χ3n) is 6.78. The first-order valence-electron chi connectivity index (χ1n) is 12.2. The van der Waals surface area contributed by atoms with Crippen molar-refractivity contribution in [3.05, 3.63) is 76.2 Å². The van der Waals surface area contributed by atoms with Gasteiger partial charge in [0.15, 0.2) is 5.75 Å². The number of hydrogen-bond acceptors (Lipinski definition) is 7. The number of aromatic nitrogens is 2. The number of rotatable bonds is 8. The minimum atomic E-state index is -1.22. The molecule has 1 aromatic heterocycles. The van der Waals surface area contributed by atoms with Gasteiger partial charge in [0.2, 0.25) is 5.75 Å². The molecular formula is C26H29F2N5O3S. The standard InChI is InChI=1S/C26H29F2N5O3S/c1-26(5-6-26)17-36-24-23(15-30-33(25(24)34)22-13-19(27)12-20(28)14-22)31-7-9-32(10-8-31)37(35)16-18-3-2-4-21(29)11-18/h2-4,11-15H,5-10,16-17,29H2,1H3. The monoisotopic (exact) mass is 529 g/mol. The van der Waals surface area contributed by atoms with Gasteiger partial charge in [-0.15, -0.1) is 4.31 Å². The molecule has 0 bridgehead atoms. The second kappa shape index (κ2) is 10.3. The molecule has 0 radical (unpaired) electrons. The van der Waals surface area contributed by atoms with Crippen molar-refractivity contribution in [1.82, 2.24) is 14.1 Å². The molecule has 2 heterocycles. The van der Waals surface area contributed by atoms with Gasteiger partial charge in [0.05, 0.1) is 31.6 Å². The first-order chi connectivity index (χ1) is 17.7. The van der Waals surface area contributed by atoms with E-state index in [1.165, 1.54) is 6.20 Å². The molecule has 1 unspecified atom stereocenters. The Morgan fingerprint density at radius 2 is 1.81 bits per heavy atom. The average Bonchev–Trinajstić information content (AvgIpc) is 3.59. The summed E-state index contributed by atoms with van der Waals surface area (Å²) in [4.78, 5) is 15.4. The number of nitrogens with zero attached hydrogens (tertiary/aromatic N) is 4. The first-order valence-corrected chi connectivity index (χ1v) is 13.4. The number of hydrogen-bond donors (Lipinski definition) is 1. The highest BCUT2D eigenvalue weighted by Crippen LogP contribution is 2.45. The minimum absolute atomic E-state index is 0.0131. The van der Waals surface area contributed by atoms with Crippen molar-refractivity contribution in [2.45, 2.75) is 25.5 Å². The van der Waals surface area contributed by atoms with E-state index in [2.05, 4.69) is 12.0 Å².